The molecule has 18 heavy (non-hydrogen) atoms. The van der Waals surface area contributed by atoms with Crippen molar-refractivity contribution in [2.24, 2.45) is 23.7 Å². The Kier molecular flexibility index (Phi) is 10.0. The van der Waals surface area contributed by atoms with Crippen LogP contribution >= 0.6 is 0 Å². The van der Waals surface area contributed by atoms with E-state index >= 15 is 0 Å². The van der Waals surface area contributed by atoms with Crippen molar-refractivity contribution in [3.63, 3.8) is 0 Å². The zero-order valence-corrected chi connectivity index (χ0v) is 17.3. The largest absolute Gasteiger partial charge is 0.674 e. The third-order valence-corrected chi connectivity index (χ3v) is 4.62. The maximum absolute atomic E-state index is 10.3. The average molecular weight is 467 g/mol. The fourth-order valence-corrected chi connectivity index (χ4v) is 3.72. The third-order valence-electron chi connectivity index (χ3n) is 4.62. The number of nitrogens with one attached hydrogen (secondary N) is 1. The number of hydrogen-bond acceptors (Lipinski definition) is 1. The molecule has 1 radical (unpaired) electrons. The summed E-state index contributed by atoms with van der Waals surface area (Å²) >= 11 is 0. The minimum Gasteiger partial charge on any atom is -0.674 e. The second-order valence-electron chi connectivity index (χ2n) is 6.12. The Bertz CT molecular complexity index is 219. The van der Waals surface area contributed by atoms with E-state index in [4.69, 9.17) is 5.73 Å². The van der Waals surface area contributed by atoms with E-state index in [1.807, 2.05) is 0 Å². The van der Waals surface area contributed by atoms with Crippen LogP contribution in [0, 0.1) is 67.7 Å². The van der Waals surface area contributed by atoms with E-state index in [0.29, 0.717) is 17.8 Å². The fourth-order valence-electron chi connectivity index (χ4n) is 3.72. The van der Waals surface area contributed by atoms with Gasteiger partial charge in [-0.1, -0.05) is 59.3 Å². The molecule has 0 amide bonds. The van der Waals surface area contributed by atoms with Crippen LogP contribution < -0.4 is 0 Å². The van der Waals surface area contributed by atoms with E-state index in [2.05, 4.69) is 27.7 Å². The summed E-state index contributed by atoms with van der Waals surface area (Å²) in [5.41, 5.74) is 8.52. The van der Waals surface area contributed by atoms with Gasteiger partial charge in [0.05, 0.1) is 6.10 Å². The molecule has 0 aromatic rings. The molecule has 1 saturated carbocycles. The molecule has 1 aliphatic carbocycles. The Hall–Kier alpha value is 1.36. The molecule has 0 saturated heterocycles. The molecule has 0 aromatic carbocycles. The summed E-state index contributed by atoms with van der Waals surface area (Å²) in [6, 6.07) is -0.0650. The minimum absolute atomic E-state index is 0. The molecule has 0 aliphatic heterocycles. The standard InChI is InChI=1S/C15H30NO.Ac/c1-5-7-12(8-6-2)14(16)13-10(3)9-11(4)15(13)17;/h10-17H,5-9H2,1-4H3;/q-1;/t10-,11+,13-,14?,15-;/m1./s1. The molecule has 1 rings (SSSR count). The van der Waals surface area contributed by atoms with Gasteiger partial charge in [0.1, 0.15) is 0 Å². The predicted octanol–water partition coefficient (Wildman–Crippen LogP) is 4.28. The Morgan fingerprint density at radius 1 is 1.11 bits per heavy atom. The van der Waals surface area contributed by atoms with Crippen molar-refractivity contribution in [1.82, 2.24) is 0 Å². The van der Waals surface area contributed by atoms with Crippen molar-refractivity contribution in [1.29, 1.82) is 0 Å². The summed E-state index contributed by atoms with van der Waals surface area (Å²) in [6.07, 6.45) is 5.45. The van der Waals surface area contributed by atoms with Crippen LogP contribution in [0.25, 0.3) is 5.73 Å². The van der Waals surface area contributed by atoms with E-state index in [0.717, 1.165) is 32.1 Å². The maximum Gasteiger partial charge on any atom is 0.0582 e. The van der Waals surface area contributed by atoms with Gasteiger partial charge in [-0.2, -0.15) is 0 Å². The zero-order chi connectivity index (χ0) is 13.0. The molecule has 105 valence electrons. The van der Waals surface area contributed by atoms with Gasteiger partial charge in [-0.05, 0) is 24.2 Å². The Labute approximate surface area is 149 Å². The molecular weight excluding hydrogens is 437 g/mol. The molecule has 2 nitrogen and oxygen atoms in total. The summed E-state index contributed by atoms with van der Waals surface area (Å²) in [4.78, 5) is 0. The van der Waals surface area contributed by atoms with Crippen LogP contribution in [-0.4, -0.2) is 17.3 Å². The van der Waals surface area contributed by atoms with Crippen LogP contribution in [0.5, 0.6) is 0 Å². The molecule has 0 spiro atoms. The quantitative estimate of drug-likeness (QED) is 0.623. The summed E-state index contributed by atoms with van der Waals surface area (Å²) in [7, 11) is 0. The second-order valence-corrected chi connectivity index (χ2v) is 6.12. The van der Waals surface area contributed by atoms with E-state index in [1.165, 1.54) is 0 Å². The average Bonchev–Trinajstić information content (AvgIpc) is 2.52. The molecule has 1 fully saturated rings. The van der Waals surface area contributed by atoms with Crippen molar-refractivity contribution in [3.8, 4) is 0 Å². The molecule has 0 bridgehead atoms. The molecule has 1 aliphatic rings. The van der Waals surface area contributed by atoms with Crippen LogP contribution in [0.1, 0.15) is 59.8 Å². The van der Waals surface area contributed by atoms with Gasteiger partial charge in [-0.15, -0.1) is 6.04 Å². The van der Waals surface area contributed by atoms with E-state index < -0.39 is 0 Å². The number of rotatable bonds is 6. The smallest absolute Gasteiger partial charge is 0.0582 e. The van der Waals surface area contributed by atoms with E-state index in [9.17, 15) is 5.11 Å². The van der Waals surface area contributed by atoms with Crippen LogP contribution in [-0.2, 0) is 0 Å². The molecule has 2 N–H and O–H groups in total. The Morgan fingerprint density at radius 3 is 1.94 bits per heavy atom. The summed E-state index contributed by atoms with van der Waals surface area (Å²) in [5.74, 6) is 1.58. The SMILES string of the molecule is CCCC(CCC)C([NH-])[C@@H]1[C@H](O)[C@@H](C)C[C@H]1C.[Ac]. The van der Waals surface area contributed by atoms with Crippen molar-refractivity contribution in [2.45, 2.75) is 71.9 Å². The minimum atomic E-state index is -0.247. The van der Waals surface area contributed by atoms with Gasteiger partial charge in [0.2, 0.25) is 0 Å². The van der Waals surface area contributed by atoms with Crippen LogP contribution in [0.4, 0.5) is 0 Å². The van der Waals surface area contributed by atoms with Gasteiger partial charge in [0.25, 0.3) is 0 Å². The molecule has 0 heterocycles. The van der Waals surface area contributed by atoms with Crippen LogP contribution in [0.3, 0.4) is 0 Å². The second kappa shape index (κ2) is 9.33. The first-order valence-electron chi connectivity index (χ1n) is 7.42. The number of hydrogen-bond donors (Lipinski definition) is 1. The fraction of sp³-hybridized carbons (Fsp3) is 1.00. The molecule has 0 aromatic heterocycles. The summed E-state index contributed by atoms with van der Waals surface area (Å²) < 4.78 is 0. The van der Waals surface area contributed by atoms with Gasteiger partial charge in [-0.25, -0.2) is 0 Å². The molecule has 3 heteroatoms. The van der Waals surface area contributed by atoms with Crippen molar-refractivity contribution in [2.75, 3.05) is 0 Å². The zero-order valence-electron chi connectivity index (χ0n) is 12.5. The van der Waals surface area contributed by atoms with Crippen LogP contribution in [0.15, 0.2) is 0 Å². The summed E-state index contributed by atoms with van der Waals surface area (Å²) in [6.45, 7) is 8.75. The Morgan fingerprint density at radius 2 is 1.61 bits per heavy atom. The monoisotopic (exact) mass is 467 g/mol. The Balaban J connectivity index is 0.00000289. The van der Waals surface area contributed by atoms with Gasteiger partial charge in [-0.3, -0.25) is 0 Å². The number of aliphatic hydroxyl groups is 1. The van der Waals surface area contributed by atoms with Crippen molar-refractivity contribution >= 4 is 0 Å². The first-order valence-corrected chi connectivity index (χ1v) is 7.42. The first-order chi connectivity index (χ1) is 8.02. The van der Waals surface area contributed by atoms with Crippen molar-refractivity contribution in [3.05, 3.63) is 5.73 Å². The predicted molar refractivity (Wildman–Crippen MR) is 73.9 cm³/mol. The third kappa shape index (κ3) is 4.73. The maximum atomic E-state index is 10.3. The summed E-state index contributed by atoms with van der Waals surface area (Å²) in [5, 5.41) is 10.3. The van der Waals surface area contributed by atoms with Crippen molar-refractivity contribution < 1.29 is 49.2 Å². The van der Waals surface area contributed by atoms with Gasteiger partial charge in [0, 0.05) is 44.1 Å². The molecule has 5 atom stereocenters. The van der Waals surface area contributed by atoms with Gasteiger partial charge < -0.3 is 10.8 Å². The normalized spacial score (nSPS) is 33.5. The van der Waals surface area contributed by atoms with E-state index in [-0.39, 0.29) is 62.1 Å². The van der Waals surface area contributed by atoms with Crippen LogP contribution in [0.2, 0.25) is 0 Å². The number of aliphatic hydroxyl groups excluding tert-OH is 1. The first kappa shape index (κ1) is 19.4. The molecule has 1 unspecified atom stereocenters. The van der Waals surface area contributed by atoms with Gasteiger partial charge in [0.15, 0.2) is 0 Å². The topological polar surface area (TPSA) is 44.0 Å². The van der Waals surface area contributed by atoms with E-state index in [1.54, 1.807) is 0 Å². The van der Waals surface area contributed by atoms with Gasteiger partial charge >= 0.3 is 0 Å². The molecular formula is C15H30AcNO-.